The van der Waals surface area contributed by atoms with Gasteiger partial charge in [0.15, 0.2) is 0 Å². The third kappa shape index (κ3) is 6.60. The molecule has 0 aliphatic heterocycles. The minimum absolute atomic E-state index is 0.0791. The van der Waals surface area contributed by atoms with E-state index in [9.17, 15) is 13.2 Å². The molecule has 5 nitrogen and oxygen atoms in total. The van der Waals surface area contributed by atoms with Crippen molar-refractivity contribution >= 4 is 21.6 Å². The molecule has 158 valence electrons. The van der Waals surface area contributed by atoms with Crippen LogP contribution in [0.4, 0.5) is 5.69 Å². The third-order valence-corrected chi connectivity index (χ3v) is 6.26. The number of aryl methyl sites for hydroxylation is 4. The SMILES string of the molecule is Cc1cc(C)cc(N(CCCC(=O)N[C@@H](C)c2ccc(C)c(C)c2)S(C)(=O)=O)c1. The first-order valence-electron chi connectivity index (χ1n) is 9.90. The van der Waals surface area contributed by atoms with Gasteiger partial charge < -0.3 is 5.32 Å². The minimum atomic E-state index is -3.42. The molecule has 0 aromatic heterocycles. The minimum Gasteiger partial charge on any atom is -0.350 e. The van der Waals surface area contributed by atoms with Gasteiger partial charge >= 0.3 is 0 Å². The number of rotatable bonds is 8. The molecule has 29 heavy (non-hydrogen) atoms. The van der Waals surface area contributed by atoms with E-state index in [0.29, 0.717) is 12.1 Å². The molecule has 0 bridgehead atoms. The Morgan fingerprint density at radius 2 is 1.62 bits per heavy atom. The fourth-order valence-electron chi connectivity index (χ4n) is 3.40. The maximum Gasteiger partial charge on any atom is 0.232 e. The van der Waals surface area contributed by atoms with Gasteiger partial charge in [-0.05, 0) is 81.0 Å². The molecule has 0 saturated carbocycles. The molecular weight excluding hydrogens is 384 g/mol. The summed E-state index contributed by atoms with van der Waals surface area (Å²) in [7, 11) is -3.42. The molecule has 1 atom stereocenters. The van der Waals surface area contributed by atoms with E-state index in [-0.39, 0.29) is 24.9 Å². The molecule has 1 N–H and O–H groups in total. The lowest BCUT2D eigenvalue weighted by atomic mass is 10.0. The summed E-state index contributed by atoms with van der Waals surface area (Å²) < 4.78 is 25.9. The van der Waals surface area contributed by atoms with E-state index in [4.69, 9.17) is 0 Å². The first-order valence-corrected chi connectivity index (χ1v) is 11.7. The van der Waals surface area contributed by atoms with Gasteiger partial charge in [0.2, 0.25) is 15.9 Å². The van der Waals surface area contributed by atoms with Gasteiger partial charge in [-0.25, -0.2) is 8.42 Å². The zero-order valence-corrected chi connectivity index (χ0v) is 19.1. The summed E-state index contributed by atoms with van der Waals surface area (Å²) in [6.45, 7) is 10.2. The summed E-state index contributed by atoms with van der Waals surface area (Å²) in [6.07, 6.45) is 1.92. The van der Waals surface area contributed by atoms with Gasteiger partial charge in [0.05, 0.1) is 18.0 Å². The van der Waals surface area contributed by atoms with Gasteiger partial charge in [0.1, 0.15) is 0 Å². The highest BCUT2D eigenvalue weighted by molar-refractivity contribution is 7.92. The molecule has 0 aliphatic carbocycles. The van der Waals surface area contributed by atoms with E-state index in [0.717, 1.165) is 16.7 Å². The van der Waals surface area contributed by atoms with Crippen LogP contribution in [-0.2, 0) is 14.8 Å². The van der Waals surface area contributed by atoms with Crippen molar-refractivity contribution in [2.24, 2.45) is 0 Å². The van der Waals surface area contributed by atoms with Crippen LogP contribution < -0.4 is 9.62 Å². The van der Waals surface area contributed by atoms with Crippen LogP contribution in [0.5, 0.6) is 0 Å². The highest BCUT2D eigenvalue weighted by atomic mass is 32.2. The Morgan fingerprint density at radius 1 is 1.00 bits per heavy atom. The highest BCUT2D eigenvalue weighted by Crippen LogP contribution is 2.22. The maximum absolute atomic E-state index is 12.4. The van der Waals surface area contributed by atoms with Crippen molar-refractivity contribution in [3.63, 3.8) is 0 Å². The molecule has 0 aliphatic rings. The lowest BCUT2D eigenvalue weighted by Crippen LogP contribution is -2.32. The summed E-state index contributed by atoms with van der Waals surface area (Å²) in [5.74, 6) is -0.0791. The van der Waals surface area contributed by atoms with Crippen molar-refractivity contribution in [2.45, 2.75) is 53.5 Å². The summed E-state index contributed by atoms with van der Waals surface area (Å²) in [6, 6.07) is 11.8. The normalized spacial score (nSPS) is 12.5. The van der Waals surface area contributed by atoms with Crippen LogP contribution >= 0.6 is 0 Å². The molecule has 1 amide bonds. The molecule has 0 radical (unpaired) electrons. The van der Waals surface area contributed by atoms with Crippen molar-refractivity contribution in [3.05, 3.63) is 64.2 Å². The number of hydrogen-bond donors (Lipinski definition) is 1. The average Bonchev–Trinajstić information content (AvgIpc) is 2.59. The van der Waals surface area contributed by atoms with Gasteiger partial charge in [-0.3, -0.25) is 9.10 Å². The molecule has 2 aromatic rings. The lowest BCUT2D eigenvalue weighted by molar-refractivity contribution is -0.121. The second-order valence-corrected chi connectivity index (χ2v) is 9.82. The van der Waals surface area contributed by atoms with E-state index in [2.05, 4.69) is 31.3 Å². The second kappa shape index (κ2) is 9.44. The number of nitrogens with one attached hydrogen (secondary N) is 1. The van der Waals surface area contributed by atoms with Crippen LogP contribution in [0, 0.1) is 27.7 Å². The first-order chi connectivity index (χ1) is 13.5. The van der Waals surface area contributed by atoms with Crippen molar-refractivity contribution in [1.29, 1.82) is 0 Å². The molecular formula is C23H32N2O3S. The molecule has 0 spiro atoms. The van der Waals surface area contributed by atoms with E-state index in [1.54, 1.807) is 0 Å². The Hall–Kier alpha value is -2.34. The van der Waals surface area contributed by atoms with Crippen molar-refractivity contribution < 1.29 is 13.2 Å². The number of benzene rings is 2. The predicted molar refractivity (Wildman–Crippen MR) is 120 cm³/mol. The van der Waals surface area contributed by atoms with E-state index < -0.39 is 10.0 Å². The van der Waals surface area contributed by atoms with Crippen LogP contribution in [0.1, 0.15) is 53.6 Å². The summed E-state index contributed by atoms with van der Waals surface area (Å²) >= 11 is 0. The van der Waals surface area contributed by atoms with Crippen molar-refractivity contribution in [3.8, 4) is 0 Å². The fourth-order valence-corrected chi connectivity index (χ4v) is 4.34. The molecule has 0 heterocycles. The standard InChI is InChI=1S/C23H32N2O3S/c1-16-12-17(2)14-22(13-16)25(29(6,27)28)11-7-8-23(26)24-20(5)21-10-9-18(3)19(4)15-21/h9-10,12-15,20H,7-8,11H2,1-6H3,(H,24,26)/t20-/m0/s1. The van der Waals surface area contributed by atoms with Crippen molar-refractivity contribution in [1.82, 2.24) is 5.32 Å². The Kier molecular flexibility index (Phi) is 7.47. The largest absolute Gasteiger partial charge is 0.350 e. The number of sulfonamides is 1. The quantitative estimate of drug-likeness (QED) is 0.696. The molecule has 0 unspecified atom stereocenters. The highest BCUT2D eigenvalue weighted by Gasteiger charge is 2.18. The monoisotopic (exact) mass is 416 g/mol. The molecule has 2 aromatic carbocycles. The first kappa shape index (κ1) is 22.9. The van der Waals surface area contributed by atoms with Crippen LogP contribution in [0.25, 0.3) is 0 Å². The number of carbonyl (C=O) groups is 1. The van der Waals surface area contributed by atoms with Crippen molar-refractivity contribution in [2.75, 3.05) is 17.1 Å². The summed E-state index contributed by atoms with van der Waals surface area (Å²) in [5.41, 5.74) is 6.14. The molecule has 0 saturated heterocycles. The lowest BCUT2D eigenvalue weighted by Gasteiger charge is -2.23. The Labute approximate surface area is 175 Å². The predicted octanol–water partition coefficient (Wildman–Crippen LogP) is 4.34. The van der Waals surface area contributed by atoms with E-state index >= 15 is 0 Å². The number of hydrogen-bond acceptors (Lipinski definition) is 3. The fraction of sp³-hybridized carbons (Fsp3) is 0.435. The van der Waals surface area contributed by atoms with Gasteiger partial charge in [0.25, 0.3) is 0 Å². The molecule has 2 rings (SSSR count). The van der Waals surface area contributed by atoms with Crippen LogP contribution in [-0.4, -0.2) is 27.1 Å². The number of nitrogens with zero attached hydrogens (tertiary/aromatic N) is 1. The number of carbonyl (C=O) groups excluding carboxylic acids is 1. The van der Waals surface area contributed by atoms with Crippen LogP contribution in [0.15, 0.2) is 36.4 Å². The zero-order chi connectivity index (χ0) is 21.8. The van der Waals surface area contributed by atoms with E-state index in [1.165, 1.54) is 21.7 Å². The summed E-state index contributed by atoms with van der Waals surface area (Å²) in [5, 5.41) is 3.01. The molecule has 6 heteroatoms. The molecule has 0 fully saturated rings. The van der Waals surface area contributed by atoms with Gasteiger partial charge in [0, 0.05) is 13.0 Å². The smallest absolute Gasteiger partial charge is 0.232 e. The summed E-state index contributed by atoms with van der Waals surface area (Å²) in [4.78, 5) is 12.4. The van der Waals surface area contributed by atoms with E-state index in [1.807, 2.05) is 45.0 Å². The van der Waals surface area contributed by atoms with Gasteiger partial charge in [-0.15, -0.1) is 0 Å². The Morgan fingerprint density at radius 3 is 2.17 bits per heavy atom. The Bertz CT molecular complexity index is 963. The number of amides is 1. The maximum atomic E-state index is 12.4. The zero-order valence-electron chi connectivity index (χ0n) is 18.2. The Balaban J connectivity index is 1.98. The second-order valence-electron chi connectivity index (χ2n) is 7.92. The topological polar surface area (TPSA) is 66.5 Å². The average molecular weight is 417 g/mol. The third-order valence-electron chi connectivity index (χ3n) is 5.07. The van der Waals surface area contributed by atoms with Gasteiger partial charge in [-0.1, -0.05) is 24.3 Å². The van der Waals surface area contributed by atoms with Crippen LogP contribution in [0.3, 0.4) is 0 Å². The van der Waals surface area contributed by atoms with Crippen LogP contribution in [0.2, 0.25) is 0 Å². The van der Waals surface area contributed by atoms with Gasteiger partial charge in [-0.2, -0.15) is 0 Å². The number of anilines is 1.